The Kier molecular flexibility index (Phi) is 6.46. The fourth-order valence-electron chi connectivity index (χ4n) is 2.41. The Bertz CT molecular complexity index is 394. The molecule has 0 radical (unpaired) electrons. The summed E-state index contributed by atoms with van der Waals surface area (Å²) >= 11 is 0. The number of benzene rings is 1. The highest BCUT2D eigenvalue weighted by molar-refractivity contribution is 5.28. The van der Waals surface area contributed by atoms with Crippen LogP contribution in [0.3, 0.4) is 0 Å². The monoisotopic (exact) mass is 280 g/mol. The molecule has 0 amide bonds. The number of nitrogens with zero attached hydrogens (tertiary/aromatic N) is 1. The number of nitrogens with two attached hydrogens (primary N) is 1. The Morgan fingerprint density at radius 2 is 1.85 bits per heavy atom. The molecule has 0 aromatic heterocycles. The van der Waals surface area contributed by atoms with Crippen LogP contribution in [0, 0.1) is 0 Å². The van der Waals surface area contributed by atoms with E-state index in [1.54, 1.807) is 14.2 Å². The van der Waals surface area contributed by atoms with Crippen LogP contribution in [0.1, 0.15) is 19.4 Å². The van der Waals surface area contributed by atoms with Crippen LogP contribution >= 0.6 is 0 Å². The summed E-state index contributed by atoms with van der Waals surface area (Å²) in [4.78, 5) is 2.31. The van der Waals surface area contributed by atoms with E-state index in [4.69, 9.17) is 15.2 Å². The second-order valence-corrected chi connectivity index (χ2v) is 5.64. The van der Waals surface area contributed by atoms with Gasteiger partial charge in [-0.3, -0.25) is 4.90 Å². The summed E-state index contributed by atoms with van der Waals surface area (Å²) in [6.45, 7) is 5.66. The molecule has 2 N–H and O–H groups in total. The molecule has 0 aliphatic heterocycles. The Hall–Kier alpha value is -1.10. The van der Waals surface area contributed by atoms with Crippen LogP contribution in [0.2, 0.25) is 0 Å². The molecule has 2 atom stereocenters. The quantitative estimate of drug-likeness (QED) is 0.790. The third-order valence-corrected chi connectivity index (χ3v) is 4.10. The van der Waals surface area contributed by atoms with Crippen molar-refractivity contribution in [1.82, 2.24) is 4.90 Å². The van der Waals surface area contributed by atoms with Crippen LogP contribution in [0.5, 0.6) is 5.75 Å². The predicted octanol–water partition coefficient (Wildman–Crippen LogP) is 1.92. The van der Waals surface area contributed by atoms with Gasteiger partial charge in [-0.25, -0.2) is 0 Å². The van der Waals surface area contributed by atoms with E-state index in [1.165, 1.54) is 5.56 Å². The fraction of sp³-hybridized carbons (Fsp3) is 0.625. The molecule has 4 nitrogen and oxygen atoms in total. The van der Waals surface area contributed by atoms with Crippen molar-refractivity contribution in [2.45, 2.75) is 31.8 Å². The summed E-state index contributed by atoms with van der Waals surface area (Å²) < 4.78 is 10.4. The zero-order valence-electron chi connectivity index (χ0n) is 13.3. The van der Waals surface area contributed by atoms with Gasteiger partial charge >= 0.3 is 0 Å². The van der Waals surface area contributed by atoms with Gasteiger partial charge in [-0.05, 0) is 45.0 Å². The van der Waals surface area contributed by atoms with Gasteiger partial charge in [0.2, 0.25) is 0 Å². The zero-order chi connectivity index (χ0) is 15.2. The minimum atomic E-state index is -0.0907. The molecule has 0 saturated heterocycles. The Balaban J connectivity index is 2.81. The maximum Gasteiger partial charge on any atom is 0.118 e. The van der Waals surface area contributed by atoms with Gasteiger partial charge in [-0.15, -0.1) is 0 Å². The summed E-state index contributed by atoms with van der Waals surface area (Å²) in [5, 5.41) is 0. The van der Waals surface area contributed by atoms with Crippen LogP contribution in [-0.2, 0) is 11.2 Å². The molecule has 20 heavy (non-hydrogen) atoms. The van der Waals surface area contributed by atoms with Crippen molar-refractivity contribution in [3.05, 3.63) is 29.8 Å². The van der Waals surface area contributed by atoms with E-state index in [1.807, 2.05) is 12.1 Å². The Labute approximate surface area is 122 Å². The zero-order valence-corrected chi connectivity index (χ0v) is 13.3. The maximum atomic E-state index is 6.04. The molecule has 0 saturated carbocycles. The van der Waals surface area contributed by atoms with E-state index in [0.717, 1.165) is 12.2 Å². The average molecular weight is 280 g/mol. The van der Waals surface area contributed by atoms with Gasteiger partial charge < -0.3 is 15.2 Å². The van der Waals surface area contributed by atoms with Gasteiger partial charge in [-0.1, -0.05) is 12.1 Å². The molecule has 114 valence electrons. The van der Waals surface area contributed by atoms with Crippen LogP contribution in [0.4, 0.5) is 0 Å². The van der Waals surface area contributed by atoms with Crippen LogP contribution in [-0.4, -0.2) is 50.9 Å². The minimum Gasteiger partial charge on any atom is -0.497 e. The first-order chi connectivity index (χ1) is 9.46. The van der Waals surface area contributed by atoms with Crippen LogP contribution in [0.25, 0.3) is 0 Å². The van der Waals surface area contributed by atoms with Crippen molar-refractivity contribution in [1.29, 1.82) is 0 Å². The lowest BCUT2D eigenvalue weighted by molar-refractivity contribution is 0.0474. The highest BCUT2D eigenvalue weighted by Crippen LogP contribution is 2.22. The first-order valence-electron chi connectivity index (χ1n) is 7.01. The molecule has 0 spiro atoms. The molecular weight excluding hydrogens is 252 g/mol. The molecule has 0 fully saturated rings. The first kappa shape index (κ1) is 17.0. The molecule has 1 aromatic rings. The van der Waals surface area contributed by atoms with Gasteiger partial charge in [-0.2, -0.15) is 0 Å². The second kappa shape index (κ2) is 7.62. The van der Waals surface area contributed by atoms with Crippen LogP contribution < -0.4 is 10.5 Å². The summed E-state index contributed by atoms with van der Waals surface area (Å²) in [5.41, 5.74) is 7.21. The van der Waals surface area contributed by atoms with Gasteiger partial charge in [0.05, 0.1) is 13.7 Å². The summed E-state index contributed by atoms with van der Waals surface area (Å²) in [7, 11) is 5.52. The normalized spacial score (nSPS) is 15.9. The van der Waals surface area contributed by atoms with Crippen molar-refractivity contribution < 1.29 is 9.47 Å². The third kappa shape index (κ3) is 4.20. The van der Waals surface area contributed by atoms with E-state index in [2.05, 4.69) is 37.9 Å². The molecule has 0 heterocycles. The number of hydrogen-bond acceptors (Lipinski definition) is 4. The Morgan fingerprint density at radius 3 is 2.30 bits per heavy atom. The Morgan fingerprint density at radius 1 is 1.25 bits per heavy atom. The van der Waals surface area contributed by atoms with E-state index in [0.29, 0.717) is 19.2 Å². The van der Waals surface area contributed by atoms with Crippen molar-refractivity contribution in [2.24, 2.45) is 5.73 Å². The molecule has 0 aliphatic carbocycles. The number of rotatable bonds is 8. The third-order valence-electron chi connectivity index (χ3n) is 4.10. The summed E-state index contributed by atoms with van der Waals surface area (Å²) in [6.07, 6.45) is 0.901. The molecule has 1 rings (SSSR count). The first-order valence-corrected chi connectivity index (χ1v) is 7.01. The smallest absolute Gasteiger partial charge is 0.118 e. The molecule has 4 heteroatoms. The molecule has 0 aliphatic rings. The lowest BCUT2D eigenvalue weighted by Gasteiger charge is -2.42. The minimum absolute atomic E-state index is 0.0907. The predicted molar refractivity (Wildman–Crippen MR) is 83.3 cm³/mol. The maximum absolute atomic E-state index is 6.04. The van der Waals surface area contributed by atoms with E-state index >= 15 is 0 Å². The molecular formula is C16H28N2O2. The van der Waals surface area contributed by atoms with Crippen molar-refractivity contribution in [2.75, 3.05) is 34.4 Å². The van der Waals surface area contributed by atoms with Gasteiger partial charge in [0.25, 0.3) is 0 Å². The van der Waals surface area contributed by atoms with E-state index in [9.17, 15) is 0 Å². The largest absolute Gasteiger partial charge is 0.497 e. The summed E-state index contributed by atoms with van der Waals surface area (Å²) in [6, 6.07) is 8.51. The fourth-order valence-corrected chi connectivity index (χ4v) is 2.41. The summed E-state index contributed by atoms with van der Waals surface area (Å²) in [5.74, 6) is 0.879. The van der Waals surface area contributed by atoms with Crippen LogP contribution in [0.15, 0.2) is 24.3 Å². The SMILES string of the molecule is COCC(C)N(C)C(C)(CN)Cc1ccc(OC)cc1. The molecule has 1 aromatic carbocycles. The van der Waals surface area contributed by atoms with Gasteiger partial charge in [0.1, 0.15) is 5.75 Å². The highest BCUT2D eigenvalue weighted by Gasteiger charge is 2.31. The topological polar surface area (TPSA) is 47.7 Å². The number of likely N-dealkylation sites (N-methyl/N-ethyl adjacent to an activating group) is 1. The number of ether oxygens (including phenoxy) is 2. The van der Waals surface area contributed by atoms with Crippen molar-refractivity contribution in [3.8, 4) is 5.75 Å². The number of methoxy groups -OCH3 is 2. The van der Waals surface area contributed by atoms with Crippen molar-refractivity contribution in [3.63, 3.8) is 0 Å². The number of hydrogen-bond donors (Lipinski definition) is 1. The van der Waals surface area contributed by atoms with Gasteiger partial charge in [0, 0.05) is 25.2 Å². The van der Waals surface area contributed by atoms with E-state index < -0.39 is 0 Å². The van der Waals surface area contributed by atoms with E-state index in [-0.39, 0.29) is 5.54 Å². The lowest BCUT2D eigenvalue weighted by Crippen LogP contribution is -2.55. The average Bonchev–Trinajstić information content (AvgIpc) is 2.47. The molecule has 0 bridgehead atoms. The highest BCUT2D eigenvalue weighted by atomic mass is 16.5. The van der Waals surface area contributed by atoms with Gasteiger partial charge in [0.15, 0.2) is 0 Å². The molecule has 2 unspecified atom stereocenters. The lowest BCUT2D eigenvalue weighted by atomic mass is 9.90. The van der Waals surface area contributed by atoms with Crippen molar-refractivity contribution >= 4 is 0 Å². The standard InChI is InChI=1S/C16H28N2O2/c1-13(11-19-4)18(3)16(2,12-17)10-14-6-8-15(20-5)9-7-14/h6-9,13H,10-12,17H2,1-5H3. The second-order valence-electron chi connectivity index (χ2n) is 5.64.